The molecule has 1 aliphatic rings. The van der Waals surface area contributed by atoms with E-state index in [1.807, 2.05) is 0 Å². The lowest BCUT2D eigenvalue weighted by Crippen LogP contribution is -2.21. The van der Waals surface area contributed by atoms with Gasteiger partial charge in [0.25, 0.3) is 0 Å². The van der Waals surface area contributed by atoms with E-state index in [0.717, 1.165) is 5.92 Å². The Morgan fingerprint density at radius 1 is 1.19 bits per heavy atom. The summed E-state index contributed by atoms with van der Waals surface area (Å²) in [5.41, 5.74) is 3.90. The predicted molar refractivity (Wildman–Crippen MR) is 74.0 cm³/mol. The van der Waals surface area contributed by atoms with E-state index < -0.39 is 0 Å². The largest absolute Gasteiger partial charge is 0.382 e. The maximum atomic E-state index is 3.68. The lowest BCUT2D eigenvalue weighted by molar-refractivity contribution is 0.556. The van der Waals surface area contributed by atoms with Crippen molar-refractivity contribution in [2.45, 2.75) is 46.1 Å². The van der Waals surface area contributed by atoms with Crippen LogP contribution in [0.2, 0.25) is 0 Å². The zero-order chi connectivity index (χ0) is 11.7. The number of benzene rings is 1. The Morgan fingerprint density at radius 3 is 2.31 bits per heavy atom. The first-order chi connectivity index (χ1) is 7.58. The molecule has 0 radical (unpaired) electrons. The monoisotopic (exact) mass is 281 g/mol. The molecule has 2 heteroatoms. The van der Waals surface area contributed by atoms with Crippen molar-refractivity contribution < 1.29 is 0 Å². The fraction of sp³-hybridized carbons (Fsp3) is 0.571. The molecule has 1 nitrogen and oxygen atoms in total. The predicted octanol–water partition coefficient (Wildman–Crippen LogP) is 4.67. The fourth-order valence-electron chi connectivity index (χ4n) is 2.60. The highest BCUT2D eigenvalue weighted by Crippen LogP contribution is 2.30. The molecule has 0 aromatic heterocycles. The van der Waals surface area contributed by atoms with Gasteiger partial charge in [-0.15, -0.1) is 0 Å². The van der Waals surface area contributed by atoms with Crippen LogP contribution in [0.15, 0.2) is 16.6 Å². The molecule has 1 aliphatic carbocycles. The number of rotatable bonds is 2. The van der Waals surface area contributed by atoms with Gasteiger partial charge in [0.15, 0.2) is 0 Å². The van der Waals surface area contributed by atoms with Crippen molar-refractivity contribution in [3.63, 3.8) is 0 Å². The van der Waals surface area contributed by atoms with Gasteiger partial charge in [0, 0.05) is 16.2 Å². The van der Waals surface area contributed by atoms with Gasteiger partial charge < -0.3 is 5.32 Å². The van der Waals surface area contributed by atoms with Crippen LogP contribution in [0.3, 0.4) is 0 Å². The molecule has 1 fully saturated rings. The van der Waals surface area contributed by atoms with Crippen LogP contribution in [0.5, 0.6) is 0 Å². The summed E-state index contributed by atoms with van der Waals surface area (Å²) in [6.07, 6.45) is 4.05. The van der Waals surface area contributed by atoms with Crippen LogP contribution >= 0.6 is 15.9 Å². The Hall–Kier alpha value is -0.500. The van der Waals surface area contributed by atoms with Crippen molar-refractivity contribution in [3.8, 4) is 0 Å². The maximum absolute atomic E-state index is 3.68. The van der Waals surface area contributed by atoms with Gasteiger partial charge >= 0.3 is 0 Å². The van der Waals surface area contributed by atoms with Gasteiger partial charge in [-0.2, -0.15) is 0 Å². The first-order valence-corrected chi connectivity index (χ1v) is 6.90. The summed E-state index contributed by atoms with van der Waals surface area (Å²) in [6, 6.07) is 5.14. The molecular formula is C14H20BrN. The summed E-state index contributed by atoms with van der Waals surface area (Å²) in [5, 5.41) is 3.68. The third kappa shape index (κ3) is 2.42. The third-order valence-corrected chi connectivity index (χ3v) is 4.90. The van der Waals surface area contributed by atoms with Crippen molar-refractivity contribution in [2.75, 3.05) is 5.32 Å². The van der Waals surface area contributed by atoms with Gasteiger partial charge in [0.05, 0.1) is 0 Å². The van der Waals surface area contributed by atoms with Gasteiger partial charge in [-0.25, -0.2) is 0 Å². The number of aryl methyl sites for hydroxylation is 2. The normalized spacial score (nSPS) is 24.8. The summed E-state index contributed by atoms with van der Waals surface area (Å²) in [6.45, 7) is 6.66. The second-order valence-electron chi connectivity index (χ2n) is 5.08. The zero-order valence-electron chi connectivity index (χ0n) is 10.3. The third-order valence-electron chi connectivity index (χ3n) is 3.65. The fourth-order valence-corrected chi connectivity index (χ4v) is 2.83. The molecule has 1 aromatic rings. The second kappa shape index (κ2) is 4.79. The van der Waals surface area contributed by atoms with E-state index >= 15 is 0 Å². The van der Waals surface area contributed by atoms with Crippen molar-refractivity contribution >= 4 is 21.6 Å². The summed E-state index contributed by atoms with van der Waals surface area (Å²) in [5.74, 6) is 0.809. The van der Waals surface area contributed by atoms with Crippen molar-refractivity contribution in [3.05, 3.63) is 27.7 Å². The minimum absolute atomic E-state index is 0.667. The van der Waals surface area contributed by atoms with Crippen LogP contribution < -0.4 is 5.32 Å². The highest BCUT2D eigenvalue weighted by Gasteiger charge is 2.23. The highest BCUT2D eigenvalue weighted by atomic mass is 79.9. The molecule has 0 heterocycles. The van der Waals surface area contributed by atoms with Gasteiger partial charge in [-0.1, -0.05) is 29.3 Å². The van der Waals surface area contributed by atoms with Gasteiger partial charge in [-0.05, 0) is 55.9 Å². The van der Waals surface area contributed by atoms with Crippen molar-refractivity contribution in [1.29, 1.82) is 0 Å². The average molecular weight is 282 g/mol. The number of hydrogen-bond acceptors (Lipinski definition) is 1. The average Bonchev–Trinajstić information content (AvgIpc) is 2.61. The molecule has 0 saturated heterocycles. The van der Waals surface area contributed by atoms with Crippen LogP contribution in [0.1, 0.15) is 37.3 Å². The molecule has 88 valence electrons. The molecule has 0 aliphatic heterocycles. The molecule has 0 amide bonds. The number of nitrogens with one attached hydrogen (secondary N) is 1. The Balaban J connectivity index is 2.15. The van der Waals surface area contributed by atoms with Crippen LogP contribution in [0.4, 0.5) is 5.69 Å². The number of hydrogen-bond donors (Lipinski definition) is 1. The summed E-state index contributed by atoms with van der Waals surface area (Å²) >= 11 is 3.61. The van der Waals surface area contributed by atoms with Crippen molar-refractivity contribution in [1.82, 2.24) is 0 Å². The number of anilines is 1. The Labute approximate surface area is 107 Å². The second-order valence-corrected chi connectivity index (χ2v) is 5.88. The van der Waals surface area contributed by atoms with Crippen molar-refractivity contribution in [2.24, 2.45) is 5.92 Å². The molecule has 1 aromatic carbocycles. The maximum Gasteiger partial charge on any atom is 0.0348 e. The van der Waals surface area contributed by atoms with Crippen LogP contribution in [-0.4, -0.2) is 6.04 Å². The van der Waals surface area contributed by atoms with Crippen LogP contribution in [-0.2, 0) is 0 Å². The molecule has 1 N–H and O–H groups in total. The molecule has 0 bridgehead atoms. The molecule has 0 spiro atoms. The smallest absolute Gasteiger partial charge is 0.0348 e. The van der Waals surface area contributed by atoms with Crippen LogP contribution in [0, 0.1) is 19.8 Å². The minimum atomic E-state index is 0.667. The Kier molecular flexibility index (Phi) is 3.58. The topological polar surface area (TPSA) is 12.0 Å². The molecule has 16 heavy (non-hydrogen) atoms. The van der Waals surface area contributed by atoms with E-state index in [1.54, 1.807) is 0 Å². The molecule has 2 unspecified atom stereocenters. The summed E-state index contributed by atoms with van der Waals surface area (Å²) in [4.78, 5) is 0. The lowest BCUT2D eigenvalue weighted by Gasteiger charge is -2.20. The lowest BCUT2D eigenvalue weighted by atomic mass is 10.1. The zero-order valence-corrected chi connectivity index (χ0v) is 11.9. The Morgan fingerprint density at radius 2 is 1.81 bits per heavy atom. The molecule has 2 rings (SSSR count). The van der Waals surface area contributed by atoms with E-state index in [2.05, 4.69) is 54.2 Å². The molecule has 1 saturated carbocycles. The van der Waals surface area contributed by atoms with E-state index in [4.69, 9.17) is 0 Å². The molecular weight excluding hydrogens is 262 g/mol. The van der Waals surface area contributed by atoms with E-state index in [-0.39, 0.29) is 0 Å². The quantitative estimate of drug-likeness (QED) is 0.831. The standard InChI is InChI=1S/C14H20BrN/c1-9-5-4-6-13(9)16-12-7-10(2)14(15)11(3)8-12/h7-9,13,16H,4-6H2,1-3H3. The Bertz CT molecular complexity index is 363. The van der Waals surface area contributed by atoms with Gasteiger partial charge in [-0.3, -0.25) is 0 Å². The van der Waals surface area contributed by atoms with E-state index in [0.29, 0.717) is 6.04 Å². The van der Waals surface area contributed by atoms with Gasteiger partial charge in [0.2, 0.25) is 0 Å². The summed E-state index contributed by atoms with van der Waals surface area (Å²) in [7, 11) is 0. The highest BCUT2D eigenvalue weighted by molar-refractivity contribution is 9.10. The molecule has 2 atom stereocenters. The SMILES string of the molecule is Cc1cc(NC2CCCC2C)cc(C)c1Br. The summed E-state index contributed by atoms with van der Waals surface area (Å²) < 4.78 is 1.23. The number of halogens is 1. The first-order valence-electron chi connectivity index (χ1n) is 6.11. The first kappa shape index (κ1) is 12.0. The van der Waals surface area contributed by atoms with Gasteiger partial charge in [0.1, 0.15) is 0 Å². The van der Waals surface area contributed by atoms with E-state index in [1.165, 1.54) is 40.5 Å². The van der Waals surface area contributed by atoms with Crippen LogP contribution in [0.25, 0.3) is 0 Å². The minimum Gasteiger partial charge on any atom is -0.382 e. The van der Waals surface area contributed by atoms with E-state index in [9.17, 15) is 0 Å².